The standard InChI is InChI=1S/C24H27N5O3/c1-15-25-22-12-11-17(14-28(22)27-15)26-23(30)20-13-16-7-3-5-9-19(16)29(20)24(31)18-8-4-6-10-21(18)32-2/h4,6,8,10-12,14,16,19-20H,3,5,7,9,13H2,1-2H3,(H,26,30). The summed E-state index contributed by atoms with van der Waals surface area (Å²) < 4.78 is 7.08. The maximum atomic E-state index is 13.7. The highest BCUT2D eigenvalue weighted by Gasteiger charge is 2.48. The van der Waals surface area contributed by atoms with Crippen LogP contribution in [-0.2, 0) is 4.79 Å². The van der Waals surface area contributed by atoms with Gasteiger partial charge in [-0.1, -0.05) is 25.0 Å². The number of amides is 2. The predicted molar refractivity (Wildman–Crippen MR) is 120 cm³/mol. The third kappa shape index (κ3) is 3.59. The number of nitrogens with zero attached hydrogens (tertiary/aromatic N) is 4. The van der Waals surface area contributed by atoms with Crippen LogP contribution in [0.2, 0.25) is 0 Å². The molecular formula is C24H27N5O3. The molecule has 3 unspecified atom stereocenters. The van der Waals surface area contributed by atoms with Gasteiger partial charge in [0.25, 0.3) is 5.91 Å². The summed E-state index contributed by atoms with van der Waals surface area (Å²) in [5.74, 6) is 1.24. The Hall–Kier alpha value is -3.42. The monoisotopic (exact) mass is 433 g/mol. The van der Waals surface area contributed by atoms with Gasteiger partial charge in [-0.25, -0.2) is 9.50 Å². The Bertz CT molecular complexity index is 1170. The maximum absolute atomic E-state index is 13.7. The lowest BCUT2D eigenvalue weighted by molar-refractivity contribution is -0.120. The minimum absolute atomic E-state index is 0.0809. The number of ether oxygens (including phenoxy) is 1. The van der Waals surface area contributed by atoms with E-state index in [0.29, 0.717) is 35.2 Å². The SMILES string of the molecule is COc1ccccc1C(=O)N1C(C(=O)Nc2ccc3nc(C)nn3c2)CC2CCCCC21. The molecule has 2 amide bonds. The first kappa shape index (κ1) is 20.5. The minimum atomic E-state index is -0.520. The number of benzene rings is 1. The zero-order valence-corrected chi connectivity index (χ0v) is 18.3. The van der Waals surface area contributed by atoms with Crippen LogP contribution in [0.4, 0.5) is 5.69 Å². The Kier molecular flexibility index (Phi) is 5.28. The Morgan fingerprint density at radius 1 is 1.12 bits per heavy atom. The molecule has 166 valence electrons. The molecule has 1 aliphatic carbocycles. The molecule has 1 saturated heterocycles. The number of hydrogen-bond acceptors (Lipinski definition) is 5. The summed E-state index contributed by atoms with van der Waals surface area (Å²) in [6.07, 6.45) is 6.64. The lowest BCUT2D eigenvalue weighted by Gasteiger charge is -2.34. The first-order valence-corrected chi connectivity index (χ1v) is 11.1. The average molecular weight is 434 g/mol. The number of aromatic nitrogens is 3. The van der Waals surface area contributed by atoms with Gasteiger partial charge < -0.3 is 15.0 Å². The van der Waals surface area contributed by atoms with Gasteiger partial charge in [-0.3, -0.25) is 9.59 Å². The second-order valence-corrected chi connectivity index (χ2v) is 8.64. The highest BCUT2D eigenvalue weighted by molar-refractivity contribution is 6.03. The fraction of sp³-hybridized carbons (Fsp3) is 0.417. The lowest BCUT2D eigenvalue weighted by atomic mass is 9.84. The second kappa shape index (κ2) is 8.26. The molecule has 1 aliphatic heterocycles. The first-order chi connectivity index (χ1) is 15.5. The quantitative estimate of drug-likeness (QED) is 0.681. The van der Waals surface area contributed by atoms with Gasteiger partial charge in [0.1, 0.15) is 17.6 Å². The number of methoxy groups -OCH3 is 1. The van der Waals surface area contributed by atoms with E-state index in [4.69, 9.17) is 4.74 Å². The van der Waals surface area contributed by atoms with Crippen molar-refractivity contribution in [2.45, 2.75) is 51.1 Å². The van der Waals surface area contributed by atoms with Gasteiger partial charge in [0.15, 0.2) is 5.65 Å². The van der Waals surface area contributed by atoms with Crippen molar-refractivity contribution in [1.29, 1.82) is 0 Å². The first-order valence-electron chi connectivity index (χ1n) is 11.1. The topological polar surface area (TPSA) is 88.8 Å². The van der Waals surface area contributed by atoms with E-state index < -0.39 is 6.04 Å². The molecule has 5 rings (SSSR count). The van der Waals surface area contributed by atoms with Crippen molar-refractivity contribution in [3.05, 3.63) is 54.0 Å². The molecule has 32 heavy (non-hydrogen) atoms. The van der Waals surface area contributed by atoms with E-state index in [1.165, 1.54) is 0 Å². The molecule has 3 atom stereocenters. The Balaban J connectivity index is 1.44. The summed E-state index contributed by atoms with van der Waals surface area (Å²) >= 11 is 0. The fourth-order valence-electron chi connectivity index (χ4n) is 5.24. The minimum Gasteiger partial charge on any atom is -0.496 e. The van der Waals surface area contributed by atoms with Crippen LogP contribution < -0.4 is 10.1 Å². The molecule has 0 spiro atoms. The Morgan fingerprint density at radius 3 is 2.78 bits per heavy atom. The summed E-state index contributed by atoms with van der Waals surface area (Å²) in [5.41, 5.74) is 1.85. The van der Waals surface area contributed by atoms with Crippen molar-refractivity contribution in [2.24, 2.45) is 5.92 Å². The van der Waals surface area contributed by atoms with E-state index in [1.807, 2.05) is 36.1 Å². The van der Waals surface area contributed by atoms with E-state index >= 15 is 0 Å². The molecule has 2 aliphatic rings. The van der Waals surface area contributed by atoms with Crippen LogP contribution >= 0.6 is 0 Å². The molecule has 0 radical (unpaired) electrons. The van der Waals surface area contributed by atoms with Gasteiger partial charge in [0.05, 0.1) is 24.6 Å². The zero-order chi connectivity index (χ0) is 22.2. The zero-order valence-electron chi connectivity index (χ0n) is 18.3. The molecule has 3 aromatic rings. The van der Waals surface area contributed by atoms with Gasteiger partial charge in [-0.2, -0.15) is 5.10 Å². The number of pyridine rings is 1. The maximum Gasteiger partial charge on any atom is 0.258 e. The second-order valence-electron chi connectivity index (χ2n) is 8.64. The number of rotatable bonds is 4. The van der Waals surface area contributed by atoms with E-state index in [0.717, 1.165) is 31.3 Å². The normalized spacial score (nSPS) is 22.6. The molecule has 1 N–H and O–H groups in total. The van der Waals surface area contributed by atoms with Crippen LogP contribution in [0.25, 0.3) is 5.65 Å². The summed E-state index contributed by atoms with van der Waals surface area (Å²) in [4.78, 5) is 33.2. The van der Waals surface area contributed by atoms with Crippen molar-refractivity contribution >= 4 is 23.1 Å². The number of aryl methyl sites for hydroxylation is 1. The molecule has 8 nitrogen and oxygen atoms in total. The highest BCUT2D eigenvalue weighted by Crippen LogP contribution is 2.41. The number of nitrogens with one attached hydrogen (secondary N) is 1. The third-order valence-electron chi connectivity index (χ3n) is 6.67. The average Bonchev–Trinajstić information content (AvgIpc) is 3.38. The van der Waals surface area contributed by atoms with Crippen LogP contribution in [0.5, 0.6) is 5.75 Å². The summed E-state index contributed by atoms with van der Waals surface area (Å²) in [6, 6.07) is 10.4. The molecular weight excluding hydrogens is 406 g/mol. The number of para-hydroxylation sites is 1. The van der Waals surface area contributed by atoms with Crippen molar-refractivity contribution in [3.63, 3.8) is 0 Å². The number of anilines is 1. The summed E-state index contributed by atoms with van der Waals surface area (Å²) in [5, 5.41) is 7.32. The van der Waals surface area contributed by atoms with Gasteiger partial charge >= 0.3 is 0 Å². The molecule has 0 bridgehead atoms. The summed E-state index contributed by atoms with van der Waals surface area (Å²) in [6.45, 7) is 1.83. The smallest absolute Gasteiger partial charge is 0.258 e. The molecule has 2 fully saturated rings. The van der Waals surface area contributed by atoms with E-state index in [9.17, 15) is 9.59 Å². The Morgan fingerprint density at radius 2 is 1.94 bits per heavy atom. The van der Waals surface area contributed by atoms with Crippen LogP contribution in [0.3, 0.4) is 0 Å². The molecule has 3 heterocycles. The van der Waals surface area contributed by atoms with Gasteiger partial charge in [0.2, 0.25) is 5.91 Å². The number of fused-ring (bicyclic) bond motifs is 2. The van der Waals surface area contributed by atoms with Crippen molar-refractivity contribution in [1.82, 2.24) is 19.5 Å². The van der Waals surface area contributed by atoms with Crippen molar-refractivity contribution < 1.29 is 14.3 Å². The number of likely N-dealkylation sites (tertiary alicyclic amines) is 1. The number of hydrogen-bond donors (Lipinski definition) is 1. The van der Waals surface area contributed by atoms with Crippen LogP contribution in [0, 0.1) is 12.8 Å². The van der Waals surface area contributed by atoms with Crippen LogP contribution in [-0.4, -0.2) is 50.5 Å². The molecule has 1 saturated carbocycles. The highest BCUT2D eigenvalue weighted by atomic mass is 16.5. The Labute approximate surface area is 186 Å². The van der Waals surface area contributed by atoms with Gasteiger partial charge in [-0.05, 0) is 56.4 Å². The molecule has 8 heteroatoms. The van der Waals surface area contributed by atoms with Gasteiger partial charge in [-0.15, -0.1) is 0 Å². The predicted octanol–water partition coefficient (Wildman–Crippen LogP) is 3.46. The van der Waals surface area contributed by atoms with Crippen LogP contribution in [0.1, 0.15) is 48.3 Å². The van der Waals surface area contributed by atoms with Crippen molar-refractivity contribution in [3.8, 4) is 5.75 Å². The number of carbonyl (C=O) groups is 2. The van der Waals surface area contributed by atoms with Crippen LogP contribution in [0.15, 0.2) is 42.6 Å². The van der Waals surface area contributed by atoms with E-state index in [1.54, 1.807) is 30.0 Å². The molecule has 2 aromatic heterocycles. The lowest BCUT2D eigenvalue weighted by Crippen LogP contribution is -2.48. The number of carbonyl (C=O) groups excluding carboxylic acids is 2. The fourth-order valence-corrected chi connectivity index (χ4v) is 5.24. The largest absolute Gasteiger partial charge is 0.496 e. The van der Waals surface area contributed by atoms with Gasteiger partial charge in [0, 0.05) is 6.04 Å². The molecule has 1 aromatic carbocycles. The van der Waals surface area contributed by atoms with E-state index in [-0.39, 0.29) is 17.9 Å². The van der Waals surface area contributed by atoms with Crippen molar-refractivity contribution in [2.75, 3.05) is 12.4 Å². The summed E-state index contributed by atoms with van der Waals surface area (Å²) in [7, 11) is 1.56. The van der Waals surface area contributed by atoms with E-state index in [2.05, 4.69) is 15.4 Å². The third-order valence-corrected chi connectivity index (χ3v) is 6.67.